The third kappa shape index (κ3) is 4.08. The zero-order valence-corrected chi connectivity index (χ0v) is 14.8. The van der Waals surface area contributed by atoms with E-state index in [2.05, 4.69) is 0 Å². The van der Waals surface area contributed by atoms with Gasteiger partial charge in [0.1, 0.15) is 0 Å². The Kier molecular flexibility index (Phi) is 6.10. The van der Waals surface area contributed by atoms with Crippen molar-refractivity contribution in [1.82, 2.24) is 4.90 Å². The molecule has 0 aliphatic carbocycles. The van der Waals surface area contributed by atoms with Crippen molar-refractivity contribution in [2.75, 3.05) is 18.8 Å². The number of carbonyl (C=O) groups is 2. The van der Waals surface area contributed by atoms with Gasteiger partial charge in [0.05, 0.1) is 11.2 Å². The number of carboxylic acid groups (broad SMARTS) is 1. The maximum atomic E-state index is 12.8. The first-order valence-corrected chi connectivity index (χ1v) is 9.18. The summed E-state index contributed by atoms with van der Waals surface area (Å²) >= 11 is 1.65. The molecular formula is C18H25NO3S. The summed E-state index contributed by atoms with van der Waals surface area (Å²) in [5, 5.41) is 9.46. The topological polar surface area (TPSA) is 57.6 Å². The van der Waals surface area contributed by atoms with Crippen molar-refractivity contribution in [3.8, 4) is 0 Å². The van der Waals surface area contributed by atoms with Crippen LogP contribution >= 0.6 is 11.8 Å². The molecule has 1 N–H and O–H groups in total. The molecule has 1 aliphatic rings. The Hall–Kier alpha value is -1.49. The van der Waals surface area contributed by atoms with Gasteiger partial charge in [-0.3, -0.25) is 9.59 Å². The second-order valence-corrected chi connectivity index (χ2v) is 7.74. The van der Waals surface area contributed by atoms with Gasteiger partial charge in [0.25, 0.3) is 0 Å². The molecule has 1 aliphatic heterocycles. The van der Waals surface area contributed by atoms with Gasteiger partial charge in [-0.1, -0.05) is 51.1 Å². The first kappa shape index (κ1) is 17.9. The Morgan fingerprint density at radius 1 is 1.26 bits per heavy atom. The van der Waals surface area contributed by atoms with E-state index in [1.54, 1.807) is 16.7 Å². The van der Waals surface area contributed by atoms with Crippen molar-refractivity contribution in [2.45, 2.75) is 31.9 Å². The molecule has 1 aromatic carbocycles. The monoisotopic (exact) mass is 335 g/mol. The highest BCUT2D eigenvalue weighted by molar-refractivity contribution is 8.00. The van der Waals surface area contributed by atoms with Crippen molar-refractivity contribution < 1.29 is 14.7 Å². The van der Waals surface area contributed by atoms with Gasteiger partial charge in [-0.15, -0.1) is 11.8 Å². The normalized spacial score (nSPS) is 22.3. The number of hydrogen-bond acceptors (Lipinski definition) is 3. The second kappa shape index (κ2) is 7.86. The van der Waals surface area contributed by atoms with Gasteiger partial charge in [-0.25, -0.2) is 0 Å². The standard InChI is InChI=1S/C18H25NO3S/c1-4-23-16(12(2)3)17(20)19-10-14(15(11-19)18(21)22)13-8-6-5-7-9-13/h5-9,12,14-16H,4,10-11H2,1-3H3,(H,21,22). The molecule has 1 aromatic rings. The molecule has 5 heteroatoms. The van der Waals surface area contributed by atoms with E-state index in [4.69, 9.17) is 0 Å². The number of benzene rings is 1. The Balaban J connectivity index is 2.19. The van der Waals surface area contributed by atoms with Crippen LogP contribution in [0.1, 0.15) is 32.3 Å². The van der Waals surface area contributed by atoms with E-state index < -0.39 is 11.9 Å². The molecule has 0 spiro atoms. The molecule has 0 bridgehead atoms. The SMILES string of the molecule is CCSC(C(=O)N1CC(C(=O)O)C(c2ccccc2)C1)C(C)C. The molecule has 126 valence electrons. The summed E-state index contributed by atoms with van der Waals surface area (Å²) in [7, 11) is 0. The molecule has 3 unspecified atom stereocenters. The quantitative estimate of drug-likeness (QED) is 0.868. The summed E-state index contributed by atoms with van der Waals surface area (Å²) in [4.78, 5) is 26.2. The van der Waals surface area contributed by atoms with Gasteiger partial charge in [-0.2, -0.15) is 0 Å². The Morgan fingerprint density at radius 2 is 1.91 bits per heavy atom. The van der Waals surface area contributed by atoms with Crippen molar-refractivity contribution >= 4 is 23.6 Å². The number of hydrogen-bond donors (Lipinski definition) is 1. The van der Waals surface area contributed by atoms with Gasteiger partial charge < -0.3 is 10.0 Å². The number of nitrogens with zero attached hydrogens (tertiary/aromatic N) is 1. The lowest BCUT2D eigenvalue weighted by Crippen LogP contribution is -2.39. The summed E-state index contributed by atoms with van der Waals surface area (Å²) in [6.45, 7) is 6.94. The zero-order valence-electron chi connectivity index (χ0n) is 13.9. The summed E-state index contributed by atoms with van der Waals surface area (Å²) in [6.07, 6.45) is 0. The predicted molar refractivity (Wildman–Crippen MR) is 93.6 cm³/mol. The zero-order chi connectivity index (χ0) is 17.0. The number of carboxylic acids is 1. The first-order chi connectivity index (χ1) is 11.0. The molecule has 3 atom stereocenters. The number of amides is 1. The highest BCUT2D eigenvalue weighted by atomic mass is 32.2. The molecule has 1 fully saturated rings. The van der Waals surface area contributed by atoms with E-state index in [1.165, 1.54) is 0 Å². The lowest BCUT2D eigenvalue weighted by Gasteiger charge is -2.25. The van der Waals surface area contributed by atoms with Crippen LogP contribution in [0.15, 0.2) is 30.3 Å². The van der Waals surface area contributed by atoms with Gasteiger partial charge in [0, 0.05) is 19.0 Å². The molecule has 0 saturated carbocycles. The minimum absolute atomic E-state index is 0.0801. The van der Waals surface area contributed by atoms with Crippen molar-refractivity contribution in [3.63, 3.8) is 0 Å². The highest BCUT2D eigenvalue weighted by Crippen LogP contribution is 2.34. The second-order valence-electron chi connectivity index (χ2n) is 6.33. The van der Waals surface area contributed by atoms with E-state index >= 15 is 0 Å². The number of carbonyl (C=O) groups excluding carboxylic acids is 1. The average molecular weight is 335 g/mol. The highest BCUT2D eigenvalue weighted by Gasteiger charge is 2.42. The van der Waals surface area contributed by atoms with E-state index in [1.807, 2.05) is 51.1 Å². The largest absolute Gasteiger partial charge is 0.481 e. The van der Waals surface area contributed by atoms with Crippen molar-refractivity contribution in [2.24, 2.45) is 11.8 Å². The number of aliphatic carboxylic acids is 1. The van der Waals surface area contributed by atoms with Gasteiger partial charge in [0.15, 0.2) is 0 Å². The summed E-state index contributed by atoms with van der Waals surface area (Å²) in [5.74, 6) is -0.272. The summed E-state index contributed by atoms with van der Waals surface area (Å²) < 4.78 is 0. The smallest absolute Gasteiger partial charge is 0.308 e. The number of likely N-dealkylation sites (tertiary alicyclic amines) is 1. The number of thioether (sulfide) groups is 1. The van der Waals surface area contributed by atoms with Crippen LogP contribution in [-0.4, -0.2) is 46.0 Å². The predicted octanol–water partition coefficient (Wildman–Crippen LogP) is 3.09. The van der Waals surface area contributed by atoms with Crippen LogP contribution in [0.5, 0.6) is 0 Å². The molecular weight excluding hydrogens is 310 g/mol. The molecule has 1 amide bonds. The molecule has 4 nitrogen and oxygen atoms in total. The van der Waals surface area contributed by atoms with E-state index in [9.17, 15) is 14.7 Å². The number of rotatable bonds is 6. The minimum atomic E-state index is -0.821. The fourth-order valence-electron chi connectivity index (χ4n) is 3.18. The van der Waals surface area contributed by atoms with Gasteiger partial charge >= 0.3 is 5.97 Å². The van der Waals surface area contributed by atoms with Crippen LogP contribution in [0.25, 0.3) is 0 Å². The van der Waals surface area contributed by atoms with Crippen LogP contribution in [0.4, 0.5) is 0 Å². The minimum Gasteiger partial charge on any atom is -0.481 e. The Labute approximate surface area is 142 Å². The third-order valence-corrected chi connectivity index (χ3v) is 5.81. The summed E-state index contributed by atoms with van der Waals surface area (Å²) in [6, 6.07) is 9.67. The fourth-order valence-corrected chi connectivity index (χ4v) is 4.22. The third-order valence-electron chi connectivity index (χ3n) is 4.37. The van der Waals surface area contributed by atoms with E-state index in [0.29, 0.717) is 13.1 Å². The Morgan fingerprint density at radius 3 is 2.43 bits per heavy atom. The molecule has 1 heterocycles. The molecule has 0 radical (unpaired) electrons. The van der Waals surface area contributed by atoms with Gasteiger partial charge in [0.2, 0.25) is 5.91 Å². The van der Waals surface area contributed by atoms with E-state index in [0.717, 1.165) is 11.3 Å². The lowest BCUT2D eigenvalue weighted by molar-refractivity contribution is -0.141. The lowest BCUT2D eigenvalue weighted by atomic mass is 9.89. The van der Waals surface area contributed by atoms with Crippen LogP contribution in [0.2, 0.25) is 0 Å². The van der Waals surface area contributed by atoms with Crippen LogP contribution in [-0.2, 0) is 9.59 Å². The van der Waals surface area contributed by atoms with Crippen molar-refractivity contribution in [1.29, 1.82) is 0 Å². The van der Waals surface area contributed by atoms with Crippen LogP contribution in [0, 0.1) is 11.8 Å². The first-order valence-electron chi connectivity index (χ1n) is 8.13. The molecule has 1 saturated heterocycles. The summed E-state index contributed by atoms with van der Waals surface area (Å²) in [5.41, 5.74) is 0.999. The fraction of sp³-hybridized carbons (Fsp3) is 0.556. The maximum Gasteiger partial charge on any atom is 0.308 e. The molecule has 2 rings (SSSR count). The molecule has 23 heavy (non-hydrogen) atoms. The van der Waals surface area contributed by atoms with E-state index in [-0.39, 0.29) is 23.0 Å². The maximum absolute atomic E-state index is 12.8. The van der Waals surface area contributed by atoms with Crippen LogP contribution in [0.3, 0.4) is 0 Å². The average Bonchev–Trinajstić information content (AvgIpc) is 2.98. The van der Waals surface area contributed by atoms with Crippen LogP contribution < -0.4 is 0 Å². The van der Waals surface area contributed by atoms with Gasteiger partial charge in [-0.05, 0) is 17.2 Å². The van der Waals surface area contributed by atoms with Crippen molar-refractivity contribution in [3.05, 3.63) is 35.9 Å². The molecule has 0 aromatic heterocycles. The Bertz CT molecular complexity index is 546.